The molecule has 0 bridgehead atoms. The van der Waals surface area contributed by atoms with E-state index in [0.29, 0.717) is 13.0 Å². The first-order valence-electron chi connectivity index (χ1n) is 5.57. The van der Waals surface area contributed by atoms with Gasteiger partial charge in [0.25, 0.3) is 0 Å². The topological polar surface area (TPSA) is 20.5 Å². The molecule has 3 nitrogen and oxygen atoms in total. The van der Waals surface area contributed by atoms with Crippen LogP contribution in [0.5, 0.6) is 0 Å². The van der Waals surface area contributed by atoms with Crippen LogP contribution in [0.25, 0.3) is 5.52 Å². The van der Waals surface area contributed by atoms with Crippen molar-refractivity contribution >= 4 is 11.2 Å². The van der Waals surface area contributed by atoms with Crippen LogP contribution >= 0.6 is 0 Å². The summed E-state index contributed by atoms with van der Waals surface area (Å²) in [5, 5.41) is 4.22. The number of fused-ring (bicyclic) bond motifs is 1. The van der Waals surface area contributed by atoms with Crippen LogP contribution in [-0.2, 0) is 0 Å². The van der Waals surface area contributed by atoms with Gasteiger partial charge >= 0.3 is 0 Å². The molecule has 0 saturated carbocycles. The number of rotatable bonds is 1. The second-order valence-corrected chi connectivity index (χ2v) is 4.37. The molecule has 0 radical (unpaired) electrons. The first-order chi connectivity index (χ1) is 7.74. The van der Waals surface area contributed by atoms with Gasteiger partial charge in [-0.05, 0) is 31.0 Å². The lowest BCUT2D eigenvalue weighted by Gasteiger charge is -2.17. The zero-order valence-corrected chi connectivity index (χ0v) is 9.23. The fourth-order valence-electron chi connectivity index (χ4n) is 2.24. The van der Waals surface area contributed by atoms with Gasteiger partial charge in [0.05, 0.1) is 11.7 Å². The van der Waals surface area contributed by atoms with Gasteiger partial charge in [-0.2, -0.15) is 5.10 Å². The van der Waals surface area contributed by atoms with E-state index in [9.17, 15) is 4.39 Å². The Morgan fingerprint density at radius 3 is 3.12 bits per heavy atom. The number of hydrogen-bond acceptors (Lipinski definition) is 2. The fourth-order valence-corrected chi connectivity index (χ4v) is 2.24. The summed E-state index contributed by atoms with van der Waals surface area (Å²) in [5.41, 5.74) is 3.34. The Bertz CT molecular complexity index is 520. The summed E-state index contributed by atoms with van der Waals surface area (Å²) in [7, 11) is 0. The molecule has 0 N–H and O–H groups in total. The Hall–Kier alpha value is -1.58. The molecule has 0 spiro atoms. The van der Waals surface area contributed by atoms with E-state index >= 15 is 0 Å². The Morgan fingerprint density at radius 2 is 2.38 bits per heavy atom. The van der Waals surface area contributed by atoms with E-state index in [1.54, 1.807) is 0 Å². The summed E-state index contributed by atoms with van der Waals surface area (Å²) in [6, 6.07) is 4.08. The van der Waals surface area contributed by atoms with E-state index in [2.05, 4.69) is 16.1 Å². The van der Waals surface area contributed by atoms with E-state index in [-0.39, 0.29) is 0 Å². The van der Waals surface area contributed by atoms with Gasteiger partial charge in [-0.3, -0.25) is 0 Å². The zero-order valence-electron chi connectivity index (χ0n) is 9.23. The normalized spacial score (nSPS) is 20.9. The number of aromatic nitrogens is 2. The third-order valence-electron chi connectivity index (χ3n) is 3.19. The lowest BCUT2D eigenvalue weighted by molar-refractivity contribution is 0.364. The van der Waals surface area contributed by atoms with Crippen LogP contribution in [-0.4, -0.2) is 28.9 Å². The summed E-state index contributed by atoms with van der Waals surface area (Å²) in [5.74, 6) is 0. The number of pyridine rings is 1. The number of halogens is 1. The van der Waals surface area contributed by atoms with Crippen LogP contribution in [0.15, 0.2) is 24.5 Å². The van der Waals surface area contributed by atoms with Gasteiger partial charge in [-0.25, -0.2) is 8.91 Å². The monoisotopic (exact) mass is 219 g/mol. The summed E-state index contributed by atoms with van der Waals surface area (Å²) < 4.78 is 15.0. The van der Waals surface area contributed by atoms with E-state index in [4.69, 9.17) is 0 Å². The van der Waals surface area contributed by atoms with E-state index in [1.807, 2.05) is 29.9 Å². The first-order valence-corrected chi connectivity index (χ1v) is 5.57. The predicted octanol–water partition coefficient (Wildman–Crippen LogP) is 2.19. The summed E-state index contributed by atoms with van der Waals surface area (Å²) in [6.45, 7) is 3.36. The maximum absolute atomic E-state index is 13.1. The lowest BCUT2D eigenvalue weighted by atomic mass is 10.2. The SMILES string of the molecule is Cc1cnn2ccc(N3CCC(F)C3)cc12. The average Bonchev–Trinajstić information content (AvgIpc) is 2.86. The van der Waals surface area contributed by atoms with E-state index in [0.717, 1.165) is 23.3 Å². The smallest absolute Gasteiger partial charge is 0.119 e. The maximum Gasteiger partial charge on any atom is 0.119 e. The van der Waals surface area contributed by atoms with Gasteiger partial charge < -0.3 is 4.90 Å². The molecule has 1 fully saturated rings. The third kappa shape index (κ3) is 1.45. The standard InChI is InChI=1S/C12H14FN3/c1-9-7-14-16-5-3-11(6-12(9)16)15-4-2-10(13)8-15/h3,5-7,10H,2,4,8H2,1H3. The van der Waals surface area contributed by atoms with Crippen molar-refractivity contribution < 1.29 is 4.39 Å². The van der Waals surface area contributed by atoms with Crippen LogP contribution in [0, 0.1) is 6.92 Å². The molecule has 1 aliphatic heterocycles. The largest absolute Gasteiger partial charge is 0.368 e. The predicted molar refractivity (Wildman–Crippen MR) is 61.7 cm³/mol. The molecule has 0 amide bonds. The molecule has 1 unspecified atom stereocenters. The molecule has 1 atom stereocenters. The zero-order chi connectivity index (χ0) is 11.1. The molecule has 84 valence electrons. The second-order valence-electron chi connectivity index (χ2n) is 4.37. The maximum atomic E-state index is 13.1. The van der Waals surface area contributed by atoms with Crippen LogP contribution < -0.4 is 4.90 Å². The van der Waals surface area contributed by atoms with Gasteiger partial charge in [0.2, 0.25) is 0 Å². The van der Waals surface area contributed by atoms with Crippen molar-refractivity contribution in [1.29, 1.82) is 0 Å². The molecule has 4 heteroatoms. The molecule has 1 aliphatic rings. The van der Waals surface area contributed by atoms with E-state index in [1.165, 1.54) is 0 Å². The Morgan fingerprint density at radius 1 is 1.50 bits per heavy atom. The van der Waals surface area contributed by atoms with Crippen molar-refractivity contribution in [2.45, 2.75) is 19.5 Å². The molecule has 0 aliphatic carbocycles. The molecule has 3 heterocycles. The molecule has 0 aromatic carbocycles. The van der Waals surface area contributed by atoms with Gasteiger partial charge in [-0.15, -0.1) is 0 Å². The number of alkyl halides is 1. The van der Waals surface area contributed by atoms with Crippen LogP contribution in [0.4, 0.5) is 10.1 Å². The molecule has 2 aromatic heterocycles. The van der Waals surface area contributed by atoms with Crippen LogP contribution in [0.2, 0.25) is 0 Å². The second kappa shape index (κ2) is 3.47. The number of anilines is 1. The number of nitrogens with zero attached hydrogens (tertiary/aromatic N) is 3. The van der Waals surface area contributed by atoms with Gasteiger partial charge in [0.1, 0.15) is 6.17 Å². The van der Waals surface area contributed by atoms with Crippen LogP contribution in [0.3, 0.4) is 0 Å². The van der Waals surface area contributed by atoms with Crippen molar-refractivity contribution in [2.75, 3.05) is 18.0 Å². The third-order valence-corrected chi connectivity index (χ3v) is 3.19. The van der Waals surface area contributed by atoms with Crippen molar-refractivity contribution in [3.05, 3.63) is 30.1 Å². The molecular weight excluding hydrogens is 205 g/mol. The van der Waals surface area contributed by atoms with Crippen LogP contribution in [0.1, 0.15) is 12.0 Å². The van der Waals surface area contributed by atoms with Gasteiger partial charge in [0, 0.05) is 25.0 Å². The molecular formula is C12H14FN3. The minimum absolute atomic E-state index is 0.517. The van der Waals surface area contributed by atoms with E-state index < -0.39 is 6.17 Å². The molecule has 1 saturated heterocycles. The number of aryl methyl sites for hydroxylation is 1. The Balaban J connectivity index is 2.01. The summed E-state index contributed by atoms with van der Waals surface area (Å²) in [4.78, 5) is 2.09. The van der Waals surface area contributed by atoms with Crippen molar-refractivity contribution in [3.8, 4) is 0 Å². The van der Waals surface area contributed by atoms with Gasteiger partial charge in [-0.1, -0.05) is 0 Å². The lowest BCUT2D eigenvalue weighted by Crippen LogP contribution is -2.19. The minimum atomic E-state index is -0.678. The quantitative estimate of drug-likeness (QED) is 0.733. The highest BCUT2D eigenvalue weighted by Gasteiger charge is 2.22. The number of hydrogen-bond donors (Lipinski definition) is 0. The summed E-state index contributed by atoms with van der Waals surface area (Å²) >= 11 is 0. The summed E-state index contributed by atoms with van der Waals surface area (Å²) in [6.07, 6.45) is 3.75. The highest BCUT2D eigenvalue weighted by atomic mass is 19.1. The fraction of sp³-hybridized carbons (Fsp3) is 0.417. The average molecular weight is 219 g/mol. The first kappa shape index (κ1) is 9.63. The molecule has 3 rings (SSSR count). The van der Waals surface area contributed by atoms with Gasteiger partial charge in [0.15, 0.2) is 0 Å². The van der Waals surface area contributed by atoms with Crippen molar-refractivity contribution in [2.24, 2.45) is 0 Å². The van der Waals surface area contributed by atoms with Crippen molar-refractivity contribution in [3.63, 3.8) is 0 Å². The Labute approximate surface area is 93.5 Å². The minimum Gasteiger partial charge on any atom is -0.368 e. The molecule has 2 aromatic rings. The highest BCUT2D eigenvalue weighted by molar-refractivity contribution is 5.63. The Kier molecular flexibility index (Phi) is 2.09. The van der Waals surface area contributed by atoms with Crippen molar-refractivity contribution in [1.82, 2.24) is 9.61 Å². The highest BCUT2D eigenvalue weighted by Crippen LogP contribution is 2.24. The molecule has 16 heavy (non-hydrogen) atoms.